The Balaban J connectivity index is 0.000000640. The molecule has 1 aromatic rings. The van der Waals surface area contributed by atoms with Gasteiger partial charge in [0, 0.05) is 21.1 Å². The number of para-hydroxylation sites is 1. The summed E-state index contributed by atoms with van der Waals surface area (Å²) in [5, 5.41) is 0. The van der Waals surface area contributed by atoms with E-state index in [0.717, 1.165) is 5.75 Å². The van der Waals surface area contributed by atoms with Crippen LogP contribution in [0.2, 0.25) is 0 Å². The van der Waals surface area contributed by atoms with E-state index in [-0.39, 0.29) is 21.1 Å². The van der Waals surface area contributed by atoms with E-state index in [1.807, 2.05) is 30.3 Å². The van der Waals surface area contributed by atoms with E-state index < -0.39 is 0 Å². The Kier molecular flexibility index (Phi) is 4.43. The molecule has 0 heterocycles. The van der Waals surface area contributed by atoms with Crippen molar-refractivity contribution < 1.29 is 25.8 Å². The van der Waals surface area contributed by atoms with Crippen molar-refractivity contribution in [3.63, 3.8) is 0 Å². The second kappa shape index (κ2) is 4.57. The molecule has 2 heteroatoms. The minimum absolute atomic E-state index is 0. The maximum Gasteiger partial charge on any atom is 0.118 e. The van der Waals surface area contributed by atoms with Gasteiger partial charge in [-0.15, -0.1) is 0 Å². The van der Waals surface area contributed by atoms with Crippen molar-refractivity contribution in [1.29, 1.82) is 0 Å². The summed E-state index contributed by atoms with van der Waals surface area (Å²) in [6.07, 6.45) is 0. The van der Waals surface area contributed by atoms with Gasteiger partial charge >= 0.3 is 0 Å². The van der Waals surface area contributed by atoms with Crippen LogP contribution in [0.1, 0.15) is 0 Å². The van der Waals surface area contributed by atoms with Crippen LogP contribution in [-0.4, -0.2) is 7.11 Å². The van der Waals surface area contributed by atoms with Gasteiger partial charge in [0.2, 0.25) is 0 Å². The van der Waals surface area contributed by atoms with Crippen LogP contribution in [0.5, 0.6) is 5.75 Å². The summed E-state index contributed by atoms with van der Waals surface area (Å²) < 4.78 is 4.91. The van der Waals surface area contributed by atoms with Crippen LogP contribution >= 0.6 is 0 Å². The van der Waals surface area contributed by atoms with Gasteiger partial charge in [-0.1, -0.05) is 18.2 Å². The van der Waals surface area contributed by atoms with E-state index in [2.05, 4.69) is 0 Å². The molecule has 0 atom stereocenters. The first-order chi connectivity index (χ1) is 3.93. The average Bonchev–Trinajstić information content (AvgIpc) is 1.90. The summed E-state index contributed by atoms with van der Waals surface area (Å²) in [4.78, 5) is 0. The third-order valence-electron chi connectivity index (χ3n) is 0.979. The molecule has 48 valence electrons. The molecule has 0 spiro atoms. The van der Waals surface area contributed by atoms with Crippen LogP contribution in [0.15, 0.2) is 30.3 Å². The van der Waals surface area contributed by atoms with Crippen molar-refractivity contribution in [2.24, 2.45) is 0 Å². The van der Waals surface area contributed by atoms with E-state index in [1.165, 1.54) is 0 Å². The molecule has 0 aliphatic carbocycles. The zero-order valence-corrected chi connectivity index (χ0v) is 7.21. The number of rotatable bonds is 1. The normalized spacial score (nSPS) is 7.67. The second-order valence-electron chi connectivity index (χ2n) is 1.52. The standard InChI is InChI=1S/C7H8O.Mo/c1-8-7-5-3-2-4-6-7;/h2-6H,1H3;. The SMILES string of the molecule is COc1ccccc1.[Mo]. The first-order valence-corrected chi connectivity index (χ1v) is 2.52. The zero-order chi connectivity index (χ0) is 5.82. The summed E-state index contributed by atoms with van der Waals surface area (Å²) in [6, 6.07) is 9.68. The Morgan fingerprint density at radius 1 is 1.11 bits per heavy atom. The van der Waals surface area contributed by atoms with Crippen LogP contribution < -0.4 is 4.74 Å². The minimum Gasteiger partial charge on any atom is -0.497 e. The summed E-state index contributed by atoms with van der Waals surface area (Å²) in [5.41, 5.74) is 0. The third-order valence-corrected chi connectivity index (χ3v) is 0.979. The van der Waals surface area contributed by atoms with Gasteiger partial charge < -0.3 is 4.74 Å². The average molecular weight is 204 g/mol. The van der Waals surface area contributed by atoms with Crippen LogP contribution in [0.3, 0.4) is 0 Å². The number of ether oxygens (including phenoxy) is 1. The van der Waals surface area contributed by atoms with Crippen molar-refractivity contribution in [2.45, 2.75) is 0 Å². The van der Waals surface area contributed by atoms with Crippen molar-refractivity contribution >= 4 is 0 Å². The van der Waals surface area contributed by atoms with Crippen LogP contribution in [0, 0.1) is 0 Å². The monoisotopic (exact) mass is 206 g/mol. The summed E-state index contributed by atoms with van der Waals surface area (Å²) >= 11 is 0. The molecule has 1 nitrogen and oxygen atoms in total. The molecule has 0 aliphatic rings. The van der Waals surface area contributed by atoms with Gasteiger partial charge in [0.1, 0.15) is 5.75 Å². The molecule has 0 aromatic heterocycles. The predicted octanol–water partition coefficient (Wildman–Crippen LogP) is 1.69. The van der Waals surface area contributed by atoms with Crippen molar-refractivity contribution in [3.8, 4) is 5.75 Å². The Morgan fingerprint density at radius 3 is 2.00 bits per heavy atom. The van der Waals surface area contributed by atoms with E-state index in [4.69, 9.17) is 4.74 Å². The van der Waals surface area contributed by atoms with Gasteiger partial charge in [0.05, 0.1) is 7.11 Å². The van der Waals surface area contributed by atoms with Crippen LogP contribution in [-0.2, 0) is 21.1 Å². The number of hydrogen-bond donors (Lipinski definition) is 0. The zero-order valence-electron chi connectivity index (χ0n) is 5.20. The molecule has 0 radical (unpaired) electrons. The molecule has 9 heavy (non-hydrogen) atoms. The molecule has 0 bridgehead atoms. The summed E-state index contributed by atoms with van der Waals surface area (Å²) in [5.74, 6) is 0.910. The van der Waals surface area contributed by atoms with Gasteiger partial charge in [0.25, 0.3) is 0 Å². The maximum atomic E-state index is 4.91. The number of methoxy groups -OCH3 is 1. The van der Waals surface area contributed by atoms with Crippen molar-refractivity contribution in [1.82, 2.24) is 0 Å². The molecule has 0 unspecified atom stereocenters. The van der Waals surface area contributed by atoms with E-state index in [0.29, 0.717) is 0 Å². The van der Waals surface area contributed by atoms with E-state index in [9.17, 15) is 0 Å². The molecule has 0 saturated carbocycles. The van der Waals surface area contributed by atoms with Crippen molar-refractivity contribution in [2.75, 3.05) is 7.11 Å². The topological polar surface area (TPSA) is 9.23 Å². The maximum absolute atomic E-state index is 4.91. The van der Waals surface area contributed by atoms with Gasteiger partial charge in [-0.25, -0.2) is 0 Å². The van der Waals surface area contributed by atoms with Crippen LogP contribution in [0.4, 0.5) is 0 Å². The second-order valence-corrected chi connectivity index (χ2v) is 1.52. The fourth-order valence-corrected chi connectivity index (χ4v) is 0.557. The number of hydrogen-bond acceptors (Lipinski definition) is 1. The Hall–Kier alpha value is -0.292. The first kappa shape index (κ1) is 8.71. The minimum atomic E-state index is 0. The van der Waals surface area contributed by atoms with Gasteiger partial charge in [-0.3, -0.25) is 0 Å². The predicted molar refractivity (Wildman–Crippen MR) is 33.0 cm³/mol. The molecule has 0 aliphatic heterocycles. The van der Waals surface area contributed by atoms with Gasteiger partial charge in [-0.05, 0) is 12.1 Å². The van der Waals surface area contributed by atoms with Gasteiger partial charge in [0.15, 0.2) is 0 Å². The third kappa shape index (κ3) is 2.66. The van der Waals surface area contributed by atoms with E-state index in [1.54, 1.807) is 7.11 Å². The molecule has 0 saturated heterocycles. The molecular formula is C7H8MoO. The smallest absolute Gasteiger partial charge is 0.118 e. The van der Waals surface area contributed by atoms with Crippen molar-refractivity contribution in [3.05, 3.63) is 30.3 Å². The first-order valence-electron chi connectivity index (χ1n) is 2.52. The summed E-state index contributed by atoms with van der Waals surface area (Å²) in [7, 11) is 1.66. The summed E-state index contributed by atoms with van der Waals surface area (Å²) in [6.45, 7) is 0. The van der Waals surface area contributed by atoms with Crippen LogP contribution in [0.25, 0.3) is 0 Å². The molecule has 0 amide bonds. The quantitative estimate of drug-likeness (QED) is 0.632. The molecule has 0 fully saturated rings. The Labute approximate surface area is 69.3 Å². The molecule has 1 rings (SSSR count). The fraction of sp³-hybridized carbons (Fsp3) is 0.143. The van der Waals surface area contributed by atoms with Gasteiger partial charge in [-0.2, -0.15) is 0 Å². The Morgan fingerprint density at radius 2 is 1.67 bits per heavy atom. The molecule has 1 aromatic carbocycles. The number of benzene rings is 1. The molecular weight excluding hydrogens is 196 g/mol. The largest absolute Gasteiger partial charge is 0.497 e. The molecule has 0 N–H and O–H groups in total. The Bertz CT molecular complexity index is 150. The van der Waals surface area contributed by atoms with E-state index >= 15 is 0 Å². The fourth-order valence-electron chi connectivity index (χ4n) is 0.557.